The first-order valence-electron chi connectivity index (χ1n) is 7.99. The van der Waals surface area contributed by atoms with Crippen LogP contribution in [0.25, 0.3) is 33.9 Å². The number of fused-ring (bicyclic) bond motifs is 1. The van der Waals surface area contributed by atoms with Crippen LogP contribution in [0.3, 0.4) is 0 Å². The Morgan fingerprint density at radius 3 is 2.76 bits per heavy atom. The maximum absolute atomic E-state index is 5.42. The number of rotatable bonds is 4. The third-order valence-corrected chi connectivity index (χ3v) is 3.96. The molecule has 2 heterocycles. The fraction of sp³-hybridized carbons (Fsp3) is 0.222. The zero-order chi connectivity index (χ0) is 17.4. The average Bonchev–Trinajstić information content (AvgIpc) is 3.28. The van der Waals surface area contributed by atoms with Gasteiger partial charge in [-0.1, -0.05) is 16.4 Å². The summed E-state index contributed by atoms with van der Waals surface area (Å²) >= 11 is 0. The number of hydrogen-bond donors (Lipinski definition) is 0. The molecule has 2 aromatic carbocycles. The molecule has 0 spiro atoms. The van der Waals surface area contributed by atoms with E-state index in [1.165, 1.54) is 0 Å². The van der Waals surface area contributed by atoms with E-state index >= 15 is 0 Å². The third-order valence-electron chi connectivity index (χ3n) is 3.96. The van der Waals surface area contributed by atoms with Crippen molar-refractivity contribution in [2.45, 2.75) is 19.9 Å². The van der Waals surface area contributed by atoms with Crippen LogP contribution in [0.2, 0.25) is 0 Å². The maximum Gasteiger partial charge on any atom is 0.258 e. The van der Waals surface area contributed by atoms with Crippen molar-refractivity contribution in [2.24, 2.45) is 0 Å². The lowest BCUT2D eigenvalue weighted by Crippen LogP contribution is -2.02. The molecule has 0 amide bonds. The molecule has 0 unspecified atom stereocenters. The highest BCUT2D eigenvalue weighted by molar-refractivity contribution is 5.80. The number of ether oxygens (including phenoxy) is 1. The topological polar surface area (TPSA) is 78.9 Å². The van der Waals surface area contributed by atoms with Gasteiger partial charge in [-0.3, -0.25) is 0 Å². The van der Waals surface area contributed by atoms with E-state index in [1.54, 1.807) is 7.11 Å². The van der Waals surface area contributed by atoms with Gasteiger partial charge < -0.3 is 9.26 Å². The second-order valence-corrected chi connectivity index (χ2v) is 5.99. The van der Waals surface area contributed by atoms with E-state index < -0.39 is 0 Å². The number of aromatic nitrogens is 5. The van der Waals surface area contributed by atoms with Crippen molar-refractivity contribution in [3.63, 3.8) is 0 Å². The first kappa shape index (κ1) is 15.3. The molecule has 25 heavy (non-hydrogen) atoms. The van der Waals surface area contributed by atoms with E-state index in [0.717, 1.165) is 27.9 Å². The molecule has 4 aromatic rings. The third kappa shape index (κ3) is 2.73. The Hall–Kier alpha value is -3.22. The van der Waals surface area contributed by atoms with Crippen LogP contribution in [-0.4, -0.2) is 32.2 Å². The molecule has 0 saturated carbocycles. The highest BCUT2D eigenvalue weighted by atomic mass is 16.5. The van der Waals surface area contributed by atoms with Gasteiger partial charge in [0, 0.05) is 17.2 Å². The Morgan fingerprint density at radius 1 is 1.08 bits per heavy atom. The van der Waals surface area contributed by atoms with E-state index in [-0.39, 0.29) is 6.04 Å². The lowest BCUT2D eigenvalue weighted by Gasteiger charge is -2.05. The van der Waals surface area contributed by atoms with Crippen molar-refractivity contribution in [3.05, 3.63) is 42.5 Å². The van der Waals surface area contributed by atoms with Crippen LogP contribution in [0.15, 0.2) is 47.0 Å². The van der Waals surface area contributed by atoms with Gasteiger partial charge in [0.25, 0.3) is 5.89 Å². The summed E-state index contributed by atoms with van der Waals surface area (Å²) < 4.78 is 12.5. The lowest BCUT2D eigenvalue weighted by molar-refractivity contribution is 0.413. The van der Waals surface area contributed by atoms with Crippen LogP contribution >= 0.6 is 0 Å². The first-order chi connectivity index (χ1) is 12.2. The van der Waals surface area contributed by atoms with Gasteiger partial charge in [0.1, 0.15) is 11.3 Å². The van der Waals surface area contributed by atoms with Gasteiger partial charge in [0.2, 0.25) is 5.82 Å². The van der Waals surface area contributed by atoms with Gasteiger partial charge in [-0.15, -0.1) is 5.10 Å². The second-order valence-electron chi connectivity index (χ2n) is 5.99. The molecule has 0 atom stereocenters. The summed E-state index contributed by atoms with van der Waals surface area (Å²) in [6.45, 7) is 4.13. The number of benzene rings is 2. The smallest absolute Gasteiger partial charge is 0.258 e. The van der Waals surface area contributed by atoms with E-state index in [4.69, 9.17) is 9.26 Å². The van der Waals surface area contributed by atoms with Crippen LogP contribution in [0, 0.1) is 0 Å². The normalized spacial score (nSPS) is 11.4. The molecular formula is C18H17N5O2. The molecular weight excluding hydrogens is 318 g/mol. The fourth-order valence-electron chi connectivity index (χ4n) is 2.67. The van der Waals surface area contributed by atoms with Crippen LogP contribution < -0.4 is 4.74 Å². The zero-order valence-electron chi connectivity index (χ0n) is 14.2. The van der Waals surface area contributed by atoms with Crippen LogP contribution in [0.4, 0.5) is 0 Å². The predicted octanol–water partition coefficient (Wildman–Crippen LogP) is 3.74. The van der Waals surface area contributed by atoms with Crippen LogP contribution in [0.5, 0.6) is 5.75 Å². The Bertz CT molecular complexity index is 1030. The quantitative estimate of drug-likeness (QED) is 0.565. The fourth-order valence-corrected chi connectivity index (χ4v) is 2.67. The number of nitrogens with zero attached hydrogens (tertiary/aromatic N) is 5. The van der Waals surface area contributed by atoms with Gasteiger partial charge in [-0.2, -0.15) is 4.98 Å². The first-order valence-corrected chi connectivity index (χ1v) is 7.99. The van der Waals surface area contributed by atoms with Crippen molar-refractivity contribution >= 4 is 11.0 Å². The second kappa shape index (κ2) is 6.01. The highest BCUT2D eigenvalue weighted by Gasteiger charge is 2.14. The van der Waals surface area contributed by atoms with Gasteiger partial charge in [0.15, 0.2) is 0 Å². The largest absolute Gasteiger partial charge is 0.497 e. The van der Waals surface area contributed by atoms with Crippen LogP contribution in [-0.2, 0) is 0 Å². The SMILES string of the molecule is COc1cccc(-c2nc(-c3ccc4nnn(C(C)C)c4c3)no2)c1. The standard InChI is InChI=1S/C18H17N5O2/c1-11(2)23-16-10-12(7-8-15(16)20-22-23)17-19-18(25-21-17)13-5-4-6-14(9-13)24-3/h4-11H,1-3H3. The average molecular weight is 335 g/mol. The van der Waals surface area contributed by atoms with E-state index in [2.05, 4.69) is 34.3 Å². The Morgan fingerprint density at radius 2 is 1.96 bits per heavy atom. The molecule has 126 valence electrons. The molecule has 0 aliphatic heterocycles. The van der Waals surface area contributed by atoms with Crippen molar-refractivity contribution in [3.8, 4) is 28.6 Å². The lowest BCUT2D eigenvalue weighted by atomic mass is 10.2. The van der Waals surface area contributed by atoms with E-state index in [0.29, 0.717) is 11.7 Å². The van der Waals surface area contributed by atoms with Gasteiger partial charge >= 0.3 is 0 Å². The molecule has 0 fully saturated rings. The summed E-state index contributed by atoms with van der Waals surface area (Å²) in [7, 11) is 1.62. The Labute approximate surface area is 144 Å². The minimum absolute atomic E-state index is 0.220. The minimum atomic E-state index is 0.220. The van der Waals surface area contributed by atoms with Crippen molar-refractivity contribution < 1.29 is 9.26 Å². The van der Waals surface area contributed by atoms with Crippen molar-refractivity contribution in [2.75, 3.05) is 7.11 Å². The molecule has 0 bridgehead atoms. The summed E-state index contributed by atoms with van der Waals surface area (Å²) in [6.07, 6.45) is 0. The van der Waals surface area contributed by atoms with E-state index in [9.17, 15) is 0 Å². The van der Waals surface area contributed by atoms with Gasteiger partial charge in [-0.05, 0) is 50.2 Å². The molecule has 7 heteroatoms. The monoisotopic (exact) mass is 335 g/mol. The summed E-state index contributed by atoms with van der Waals surface area (Å²) in [6, 6.07) is 13.6. The molecule has 0 saturated heterocycles. The van der Waals surface area contributed by atoms with Crippen molar-refractivity contribution in [1.29, 1.82) is 0 Å². The number of methoxy groups -OCH3 is 1. The predicted molar refractivity (Wildman–Crippen MR) is 93.2 cm³/mol. The molecule has 4 rings (SSSR count). The zero-order valence-corrected chi connectivity index (χ0v) is 14.2. The minimum Gasteiger partial charge on any atom is -0.497 e. The summed E-state index contributed by atoms with van der Waals surface area (Å²) in [5.74, 6) is 1.71. The summed E-state index contributed by atoms with van der Waals surface area (Å²) in [4.78, 5) is 4.51. The van der Waals surface area contributed by atoms with E-state index in [1.807, 2.05) is 47.1 Å². The molecule has 0 radical (unpaired) electrons. The molecule has 0 aliphatic rings. The highest BCUT2D eigenvalue weighted by Crippen LogP contribution is 2.27. The van der Waals surface area contributed by atoms with Crippen molar-refractivity contribution in [1.82, 2.24) is 25.1 Å². The van der Waals surface area contributed by atoms with Gasteiger partial charge in [0.05, 0.1) is 12.6 Å². The number of hydrogen-bond acceptors (Lipinski definition) is 6. The maximum atomic E-state index is 5.42. The molecule has 2 aromatic heterocycles. The van der Waals surface area contributed by atoms with Gasteiger partial charge in [-0.25, -0.2) is 4.68 Å². The Balaban J connectivity index is 1.74. The molecule has 0 N–H and O–H groups in total. The Kier molecular flexibility index (Phi) is 3.68. The summed E-state index contributed by atoms with van der Waals surface area (Å²) in [5.41, 5.74) is 3.46. The van der Waals surface area contributed by atoms with Crippen LogP contribution in [0.1, 0.15) is 19.9 Å². The molecule has 7 nitrogen and oxygen atoms in total. The molecule has 0 aliphatic carbocycles. The summed E-state index contributed by atoms with van der Waals surface area (Å²) in [5, 5.41) is 12.5.